The van der Waals surface area contributed by atoms with Gasteiger partial charge >= 0.3 is 5.97 Å². The predicted molar refractivity (Wildman–Crippen MR) is 140 cm³/mol. The molecule has 4 aromatic rings. The van der Waals surface area contributed by atoms with E-state index in [1.807, 2.05) is 30.3 Å². The summed E-state index contributed by atoms with van der Waals surface area (Å²) < 4.78 is 34.0. The third-order valence-corrected chi connectivity index (χ3v) is 8.27. The number of rotatable bonds is 7. The number of hydrogen-bond acceptors (Lipinski definition) is 5. The second-order valence-electron chi connectivity index (χ2n) is 8.81. The summed E-state index contributed by atoms with van der Waals surface area (Å²) >= 11 is 0. The third-order valence-electron chi connectivity index (χ3n) is 6.43. The Morgan fingerprint density at radius 1 is 0.730 bits per heavy atom. The number of benzene rings is 4. The van der Waals surface area contributed by atoms with Gasteiger partial charge in [-0.05, 0) is 35.7 Å². The molecule has 5 rings (SSSR count). The molecule has 1 unspecified atom stereocenters. The van der Waals surface area contributed by atoms with Gasteiger partial charge in [0.25, 0.3) is 0 Å². The van der Waals surface area contributed by atoms with Crippen LogP contribution < -0.4 is 0 Å². The van der Waals surface area contributed by atoms with E-state index in [0.717, 1.165) is 11.1 Å². The highest BCUT2D eigenvalue weighted by Crippen LogP contribution is 2.27. The maximum Gasteiger partial charge on any atom is 0.339 e. The number of ether oxygens (including phenoxy) is 1. The zero-order valence-electron chi connectivity index (χ0n) is 20.0. The van der Waals surface area contributed by atoms with Gasteiger partial charge in [-0.1, -0.05) is 91.0 Å². The molecule has 0 aliphatic carbocycles. The summed E-state index contributed by atoms with van der Waals surface area (Å²) in [5.74, 6) is -1.14. The van der Waals surface area contributed by atoms with Crippen molar-refractivity contribution < 1.29 is 22.7 Å². The van der Waals surface area contributed by atoms with E-state index < -0.39 is 22.1 Å². The van der Waals surface area contributed by atoms with Crippen molar-refractivity contribution >= 4 is 21.8 Å². The van der Waals surface area contributed by atoms with Gasteiger partial charge in [-0.15, -0.1) is 0 Å². The maximum absolute atomic E-state index is 13.4. The fourth-order valence-corrected chi connectivity index (χ4v) is 5.90. The number of sulfonamides is 1. The largest absolute Gasteiger partial charge is 0.445 e. The van der Waals surface area contributed by atoms with Crippen LogP contribution in [0, 0.1) is 0 Å². The van der Waals surface area contributed by atoms with E-state index >= 15 is 0 Å². The predicted octanol–water partition coefficient (Wildman–Crippen LogP) is 5.21. The Balaban J connectivity index is 1.40. The molecule has 0 fully saturated rings. The smallest absolute Gasteiger partial charge is 0.339 e. The Kier molecular flexibility index (Phi) is 6.99. The van der Waals surface area contributed by atoms with Crippen LogP contribution >= 0.6 is 0 Å². The van der Waals surface area contributed by atoms with Crippen LogP contribution in [0.4, 0.5) is 0 Å². The van der Waals surface area contributed by atoms with Gasteiger partial charge in [0.2, 0.25) is 15.8 Å². The first-order valence-corrected chi connectivity index (χ1v) is 13.4. The molecule has 1 atom stereocenters. The molecule has 0 amide bonds. The molecule has 7 heteroatoms. The number of carbonyl (C=O) groups excluding carboxylic acids is 2. The van der Waals surface area contributed by atoms with Crippen LogP contribution in [0.15, 0.2) is 114 Å². The van der Waals surface area contributed by atoms with E-state index in [0.29, 0.717) is 24.1 Å². The van der Waals surface area contributed by atoms with E-state index in [1.165, 1.54) is 28.6 Å². The van der Waals surface area contributed by atoms with Gasteiger partial charge in [-0.25, -0.2) is 13.2 Å². The molecule has 0 aromatic heterocycles. The number of carbonyl (C=O) groups is 2. The molecular formula is C30H25NO5S. The summed E-state index contributed by atoms with van der Waals surface area (Å²) in [5, 5.41) is 0. The second kappa shape index (κ2) is 10.5. The highest BCUT2D eigenvalue weighted by Gasteiger charge is 2.30. The van der Waals surface area contributed by atoms with Gasteiger partial charge in [0, 0.05) is 24.2 Å². The van der Waals surface area contributed by atoms with Crippen LogP contribution in [0.3, 0.4) is 0 Å². The van der Waals surface area contributed by atoms with E-state index in [4.69, 9.17) is 4.74 Å². The number of ketones is 1. The van der Waals surface area contributed by atoms with Crippen molar-refractivity contribution in [3.8, 4) is 0 Å². The lowest BCUT2D eigenvalue weighted by Crippen LogP contribution is -2.36. The average Bonchev–Trinajstić information content (AvgIpc) is 2.96. The lowest BCUT2D eigenvalue weighted by atomic mass is 10.00. The van der Waals surface area contributed by atoms with Gasteiger partial charge in [-0.3, -0.25) is 4.79 Å². The van der Waals surface area contributed by atoms with Crippen LogP contribution in [-0.4, -0.2) is 31.0 Å². The Bertz CT molecular complexity index is 1530. The molecule has 6 nitrogen and oxygen atoms in total. The Morgan fingerprint density at radius 2 is 1.35 bits per heavy atom. The molecule has 0 radical (unpaired) electrons. The zero-order chi connectivity index (χ0) is 25.8. The van der Waals surface area contributed by atoms with Gasteiger partial charge < -0.3 is 4.74 Å². The quantitative estimate of drug-likeness (QED) is 0.251. The van der Waals surface area contributed by atoms with Crippen molar-refractivity contribution in [2.45, 2.75) is 24.0 Å². The Morgan fingerprint density at radius 3 is 2.08 bits per heavy atom. The number of esters is 1. The number of hydrogen-bond donors (Lipinski definition) is 0. The maximum atomic E-state index is 13.4. The van der Waals surface area contributed by atoms with Crippen molar-refractivity contribution in [2.24, 2.45) is 0 Å². The van der Waals surface area contributed by atoms with E-state index in [2.05, 4.69) is 0 Å². The highest BCUT2D eigenvalue weighted by molar-refractivity contribution is 7.89. The topological polar surface area (TPSA) is 80.8 Å². The average molecular weight is 512 g/mol. The zero-order valence-corrected chi connectivity index (χ0v) is 20.8. The molecule has 1 aliphatic rings. The first kappa shape index (κ1) is 24.6. The van der Waals surface area contributed by atoms with Crippen molar-refractivity contribution in [2.75, 3.05) is 6.54 Å². The molecule has 0 saturated heterocycles. The Labute approximate surface area is 216 Å². The van der Waals surface area contributed by atoms with Crippen LogP contribution in [0.25, 0.3) is 0 Å². The molecule has 1 heterocycles. The summed E-state index contributed by atoms with van der Waals surface area (Å²) in [7, 11) is -3.84. The monoisotopic (exact) mass is 511 g/mol. The first-order chi connectivity index (χ1) is 17.9. The second-order valence-corrected chi connectivity index (χ2v) is 10.7. The van der Waals surface area contributed by atoms with Crippen LogP contribution in [0.1, 0.15) is 43.5 Å². The standard InChI is InChI=1S/C30H25NO5S/c32-28(23-11-3-1-4-12-23)29(24-13-5-2-6-14-24)36-30(33)25-16-9-17-27(20-25)37(34,35)31-19-18-22-10-7-8-15-26(22)21-31/h1-17,20,29H,18-19,21H2. The van der Waals surface area contributed by atoms with Crippen LogP contribution in [0.5, 0.6) is 0 Å². The van der Waals surface area contributed by atoms with Gasteiger partial charge in [-0.2, -0.15) is 4.31 Å². The summed E-state index contributed by atoms with van der Waals surface area (Å²) in [6, 6.07) is 30.9. The SMILES string of the molecule is O=C(OC(C(=O)c1ccccc1)c1ccccc1)c1cccc(S(=O)(=O)N2CCc3ccccc3C2)c1. The lowest BCUT2D eigenvalue weighted by Gasteiger charge is -2.28. The minimum absolute atomic E-state index is 0.00646. The number of Topliss-reactive ketones (excluding diaryl/α,β-unsaturated/α-hetero) is 1. The number of fused-ring (bicyclic) bond motifs is 1. The number of nitrogens with zero attached hydrogens (tertiary/aromatic N) is 1. The highest BCUT2D eigenvalue weighted by atomic mass is 32.2. The Hall–Kier alpha value is -4.07. The normalized spacial score (nSPS) is 14.4. The summed E-state index contributed by atoms with van der Waals surface area (Å²) in [4.78, 5) is 26.5. The minimum Gasteiger partial charge on any atom is -0.445 e. The summed E-state index contributed by atoms with van der Waals surface area (Å²) in [6.07, 6.45) is -0.549. The van der Waals surface area contributed by atoms with Crippen molar-refractivity contribution in [3.05, 3.63) is 137 Å². The van der Waals surface area contributed by atoms with Crippen molar-refractivity contribution in [3.63, 3.8) is 0 Å². The van der Waals surface area contributed by atoms with E-state index in [9.17, 15) is 18.0 Å². The third kappa shape index (κ3) is 5.23. The molecule has 0 bridgehead atoms. The van der Waals surface area contributed by atoms with Gasteiger partial charge in [0.05, 0.1) is 10.5 Å². The summed E-state index contributed by atoms with van der Waals surface area (Å²) in [5.41, 5.74) is 3.10. The molecule has 0 N–H and O–H groups in total. The van der Waals surface area contributed by atoms with Gasteiger partial charge in [0.1, 0.15) is 0 Å². The molecular weight excluding hydrogens is 486 g/mol. The molecule has 186 valence electrons. The fraction of sp³-hybridized carbons (Fsp3) is 0.133. The first-order valence-electron chi connectivity index (χ1n) is 12.0. The van der Waals surface area contributed by atoms with Crippen molar-refractivity contribution in [1.82, 2.24) is 4.31 Å². The van der Waals surface area contributed by atoms with Crippen molar-refractivity contribution in [1.29, 1.82) is 0 Å². The molecule has 4 aromatic carbocycles. The lowest BCUT2D eigenvalue weighted by molar-refractivity contribution is 0.0280. The minimum atomic E-state index is -3.84. The van der Waals surface area contributed by atoms with Crippen LogP contribution in [0.2, 0.25) is 0 Å². The molecule has 1 aliphatic heterocycles. The molecule has 0 spiro atoms. The van der Waals surface area contributed by atoms with Crippen LogP contribution in [-0.2, 0) is 27.7 Å². The van der Waals surface area contributed by atoms with E-state index in [1.54, 1.807) is 54.6 Å². The molecule has 37 heavy (non-hydrogen) atoms. The van der Waals surface area contributed by atoms with Gasteiger partial charge in [0.15, 0.2) is 6.10 Å². The fourth-order valence-electron chi connectivity index (χ4n) is 4.44. The summed E-state index contributed by atoms with van der Waals surface area (Å²) in [6.45, 7) is 0.629. The molecule has 0 saturated carbocycles. The van der Waals surface area contributed by atoms with E-state index in [-0.39, 0.29) is 22.8 Å².